The molecule has 29 heavy (non-hydrogen) atoms. The second-order valence-electron chi connectivity index (χ2n) is 6.86. The molecular formula is C19H19FN6O3. The molecule has 9 nitrogen and oxygen atoms in total. The van der Waals surface area contributed by atoms with E-state index in [1.807, 2.05) is 0 Å². The van der Waals surface area contributed by atoms with E-state index in [9.17, 15) is 14.0 Å². The molecule has 1 aliphatic rings. The largest absolute Gasteiger partial charge is 0.480 e. The van der Waals surface area contributed by atoms with Crippen molar-refractivity contribution in [3.05, 3.63) is 58.9 Å². The van der Waals surface area contributed by atoms with E-state index < -0.39 is 5.97 Å². The normalized spacial score (nSPS) is 13.1. The van der Waals surface area contributed by atoms with Gasteiger partial charge in [0.05, 0.1) is 18.4 Å². The van der Waals surface area contributed by atoms with Crippen molar-refractivity contribution < 1.29 is 19.1 Å². The van der Waals surface area contributed by atoms with E-state index in [-0.39, 0.29) is 24.8 Å². The first kappa shape index (κ1) is 18.8. The summed E-state index contributed by atoms with van der Waals surface area (Å²) < 4.78 is 16.5. The number of carboxylic acids is 1. The third-order valence-electron chi connectivity index (χ3n) is 4.76. The van der Waals surface area contributed by atoms with Gasteiger partial charge in [-0.3, -0.25) is 9.59 Å². The first-order valence-corrected chi connectivity index (χ1v) is 9.27. The van der Waals surface area contributed by atoms with Crippen LogP contribution in [0.25, 0.3) is 5.69 Å². The lowest BCUT2D eigenvalue weighted by Crippen LogP contribution is -2.25. The van der Waals surface area contributed by atoms with Crippen molar-refractivity contribution in [2.24, 2.45) is 0 Å². The number of rotatable bonds is 6. The van der Waals surface area contributed by atoms with Crippen LogP contribution in [0.2, 0.25) is 0 Å². The highest BCUT2D eigenvalue weighted by Crippen LogP contribution is 2.27. The molecule has 0 unspecified atom stereocenters. The Kier molecular flexibility index (Phi) is 5.07. The number of carbonyl (C=O) groups excluding carboxylic acids is 1. The van der Waals surface area contributed by atoms with Crippen molar-refractivity contribution in [1.29, 1.82) is 0 Å². The lowest BCUT2D eigenvalue weighted by molar-refractivity contribution is -0.137. The lowest BCUT2D eigenvalue weighted by Gasteiger charge is -2.14. The van der Waals surface area contributed by atoms with Crippen LogP contribution in [-0.2, 0) is 30.7 Å². The van der Waals surface area contributed by atoms with Crippen LogP contribution in [0.4, 0.5) is 4.39 Å². The van der Waals surface area contributed by atoms with E-state index >= 15 is 0 Å². The molecule has 1 amide bonds. The maximum atomic E-state index is 13.7. The fraction of sp³-hybridized carbons (Fsp3) is 0.316. The van der Waals surface area contributed by atoms with Crippen LogP contribution in [0.5, 0.6) is 0 Å². The Morgan fingerprint density at radius 2 is 2.07 bits per heavy atom. The number of benzene rings is 1. The molecule has 1 aliphatic carbocycles. The minimum Gasteiger partial charge on any atom is -0.480 e. The standard InChI is InChI=1S/C19H19FN6O3/c20-12-4-3-5-14(8-12)26-16-7-2-1-6-15(16)18(23-26)19(29)21-9-13-10-25(24-22-13)11-17(27)28/h3-5,8,10H,1-2,6-7,9,11H2,(H,21,29)(H,27,28). The van der Waals surface area contributed by atoms with Crippen LogP contribution in [0, 0.1) is 5.82 Å². The summed E-state index contributed by atoms with van der Waals surface area (Å²) in [7, 11) is 0. The van der Waals surface area contributed by atoms with E-state index in [4.69, 9.17) is 5.11 Å². The van der Waals surface area contributed by atoms with E-state index in [2.05, 4.69) is 20.7 Å². The number of aromatic nitrogens is 5. The monoisotopic (exact) mass is 398 g/mol. The summed E-state index contributed by atoms with van der Waals surface area (Å²) in [6, 6.07) is 6.13. The average molecular weight is 398 g/mol. The van der Waals surface area contributed by atoms with Gasteiger partial charge < -0.3 is 10.4 Å². The quantitative estimate of drug-likeness (QED) is 0.650. The van der Waals surface area contributed by atoms with Gasteiger partial charge in [-0.2, -0.15) is 5.10 Å². The molecule has 0 fully saturated rings. The lowest BCUT2D eigenvalue weighted by atomic mass is 9.95. The molecule has 10 heteroatoms. The molecule has 0 saturated carbocycles. The molecule has 0 atom stereocenters. The molecule has 0 saturated heterocycles. The molecule has 1 aromatic carbocycles. The molecule has 2 heterocycles. The van der Waals surface area contributed by atoms with Crippen molar-refractivity contribution in [3.8, 4) is 5.69 Å². The summed E-state index contributed by atoms with van der Waals surface area (Å²) >= 11 is 0. The molecule has 0 radical (unpaired) electrons. The zero-order valence-electron chi connectivity index (χ0n) is 15.5. The smallest absolute Gasteiger partial charge is 0.325 e. The molecule has 4 rings (SSSR count). The number of hydrogen-bond acceptors (Lipinski definition) is 5. The van der Waals surface area contributed by atoms with Gasteiger partial charge in [-0.15, -0.1) is 5.10 Å². The highest BCUT2D eigenvalue weighted by atomic mass is 19.1. The second-order valence-corrected chi connectivity index (χ2v) is 6.86. The van der Waals surface area contributed by atoms with Crippen LogP contribution in [0.3, 0.4) is 0 Å². The van der Waals surface area contributed by atoms with Gasteiger partial charge in [-0.05, 0) is 43.9 Å². The number of hydrogen-bond donors (Lipinski definition) is 2. The zero-order valence-corrected chi connectivity index (χ0v) is 15.5. The van der Waals surface area contributed by atoms with Gasteiger partial charge in [0.25, 0.3) is 5.91 Å². The molecule has 3 aromatic rings. The summed E-state index contributed by atoms with van der Waals surface area (Å²) in [5, 5.41) is 23.6. The molecule has 2 N–H and O–H groups in total. The third-order valence-corrected chi connectivity index (χ3v) is 4.76. The average Bonchev–Trinajstić information content (AvgIpc) is 3.30. The maximum Gasteiger partial charge on any atom is 0.325 e. The number of fused-ring (bicyclic) bond motifs is 1. The highest BCUT2D eigenvalue weighted by Gasteiger charge is 2.25. The second kappa shape index (κ2) is 7.82. The number of halogens is 1. The van der Waals surface area contributed by atoms with Gasteiger partial charge in [0.1, 0.15) is 18.1 Å². The number of carbonyl (C=O) groups is 2. The Balaban J connectivity index is 1.55. The van der Waals surface area contributed by atoms with Crippen molar-refractivity contribution in [1.82, 2.24) is 30.1 Å². The minimum atomic E-state index is -1.03. The molecule has 150 valence electrons. The first-order valence-electron chi connectivity index (χ1n) is 9.27. The Morgan fingerprint density at radius 3 is 2.86 bits per heavy atom. The summed E-state index contributed by atoms with van der Waals surface area (Å²) in [6.45, 7) is -0.202. The first-order chi connectivity index (χ1) is 14.0. The van der Waals surface area contributed by atoms with Crippen LogP contribution in [0.15, 0.2) is 30.5 Å². The minimum absolute atomic E-state index is 0.0973. The molecular weight excluding hydrogens is 379 g/mol. The number of aliphatic carboxylic acids is 1. The van der Waals surface area contributed by atoms with Crippen molar-refractivity contribution in [2.75, 3.05) is 0 Å². The predicted octanol–water partition coefficient (Wildman–Crippen LogP) is 1.50. The van der Waals surface area contributed by atoms with Gasteiger partial charge in [0, 0.05) is 11.3 Å². The summed E-state index contributed by atoms with van der Waals surface area (Å²) in [6.07, 6.45) is 4.93. The molecule has 0 spiro atoms. The predicted molar refractivity (Wildman–Crippen MR) is 99.0 cm³/mol. The summed E-state index contributed by atoms with van der Waals surface area (Å²) in [4.78, 5) is 23.5. The number of amides is 1. The van der Waals surface area contributed by atoms with Crippen LogP contribution >= 0.6 is 0 Å². The van der Waals surface area contributed by atoms with Crippen LogP contribution < -0.4 is 5.32 Å². The van der Waals surface area contributed by atoms with E-state index in [1.165, 1.54) is 23.0 Å². The fourth-order valence-corrected chi connectivity index (χ4v) is 3.49. The Morgan fingerprint density at radius 1 is 1.24 bits per heavy atom. The van der Waals surface area contributed by atoms with Gasteiger partial charge in [0.15, 0.2) is 5.69 Å². The van der Waals surface area contributed by atoms with Crippen LogP contribution in [0.1, 0.15) is 40.3 Å². The van der Waals surface area contributed by atoms with Crippen molar-refractivity contribution in [3.63, 3.8) is 0 Å². The summed E-state index contributed by atoms with van der Waals surface area (Å²) in [5.74, 6) is -1.75. The van der Waals surface area contributed by atoms with Gasteiger partial charge in [-0.1, -0.05) is 11.3 Å². The molecule has 0 aliphatic heterocycles. The summed E-state index contributed by atoms with van der Waals surface area (Å²) in [5.41, 5.74) is 3.16. The fourth-order valence-electron chi connectivity index (χ4n) is 3.49. The SMILES string of the molecule is O=C(O)Cn1cc(CNC(=O)c2nn(-c3cccc(F)c3)c3c2CCCC3)nn1. The van der Waals surface area contributed by atoms with E-state index in [0.717, 1.165) is 36.9 Å². The van der Waals surface area contributed by atoms with Gasteiger partial charge in [0.2, 0.25) is 0 Å². The topological polar surface area (TPSA) is 115 Å². The number of carboxylic acid groups (broad SMARTS) is 1. The van der Waals surface area contributed by atoms with Crippen molar-refractivity contribution in [2.45, 2.75) is 38.8 Å². The third kappa shape index (κ3) is 4.00. The molecule has 2 aromatic heterocycles. The van der Waals surface area contributed by atoms with Gasteiger partial charge >= 0.3 is 5.97 Å². The zero-order chi connectivity index (χ0) is 20.4. The molecule has 0 bridgehead atoms. The number of nitrogens with zero attached hydrogens (tertiary/aromatic N) is 5. The van der Waals surface area contributed by atoms with Crippen molar-refractivity contribution >= 4 is 11.9 Å². The Labute approximate surface area is 165 Å². The van der Waals surface area contributed by atoms with E-state index in [1.54, 1.807) is 16.8 Å². The van der Waals surface area contributed by atoms with Gasteiger partial charge in [-0.25, -0.2) is 13.8 Å². The van der Waals surface area contributed by atoms with E-state index in [0.29, 0.717) is 17.1 Å². The van der Waals surface area contributed by atoms with Crippen LogP contribution in [-0.4, -0.2) is 41.8 Å². The highest BCUT2D eigenvalue weighted by molar-refractivity contribution is 5.94. The Bertz CT molecular complexity index is 1070. The number of nitrogens with one attached hydrogen (secondary N) is 1. The Hall–Kier alpha value is -3.56. The maximum absolute atomic E-state index is 13.7.